The van der Waals surface area contributed by atoms with E-state index in [9.17, 15) is 18.3 Å². The lowest BCUT2D eigenvalue weighted by atomic mass is 9.87. The Bertz CT molecular complexity index is 1400. The van der Waals surface area contributed by atoms with E-state index < -0.39 is 42.8 Å². The van der Waals surface area contributed by atoms with Crippen LogP contribution < -0.4 is 10.1 Å². The van der Waals surface area contributed by atoms with E-state index in [1.165, 1.54) is 17.0 Å². The first-order valence-corrected chi connectivity index (χ1v) is 14.7. The summed E-state index contributed by atoms with van der Waals surface area (Å²) < 4.78 is 79.4. The molecule has 11 heteroatoms. The Morgan fingerprint density at radius 3 is 2.52 bits per heavy atom. The number of aromatic amines is 1. The van der Waals surface area contributed by atoms with Crippen LogP contribution >= 0.6 is 0 Å². The number of aliphatic hydroxyl groups is 1. The standard InChI is InChI=1S/C31H37F5N4O2/c1-18-9-24-23-6-5-22(42-15-19-3-4-19)12-27(23)38-29(24)30(40(18)16-31(35,36)17-41)28-25(33)10-20(11-26(28)34)37-21-13-39(14-21)8-2-7-32/h5-6,10-12,18-19,21,30,37-38,41H,2-4,7-9,13-17H2,1H3. The predicted molar refractivity (Wildman–Crippen MR) is 151 cm³/mol. The number of anilines is 1. The molecular formula is C31H37F5N4O2. The molecule has 6 rings (SSSR count). The van der Waals surface area contributed by atoms with E-state index in [0.717, 1.165) is 23.8 Å². The van der Waals surface area contributed by atoms with Crippen LogP contribution in [0.2, 0.25) is 0 Å². The second-order valence-corrected chi connectivity index (χ2v) is 12.1. The SMILES string of the molecule is CC1Cc2c([nH]c3cc(OCC4CC4)ccc23)C(c2c(F)cc(NC3CN(CCCF)C3)cc2F)N1CC(F)(F)CO. The van der Waals surface area contributed by atoms with Gasteiger partial charge in [-0.1, -0.05) is 0 Å². The third-order valence-electron chi connectivity index (χ3n) is 8.70. The van der Waals surface area contributed by atoms with E-state index in [2.05, 4.69) is 15.2 Å². The van der Waals surface area contributed by atoms with Crippen LogP contribution in [0.15, 0.2) is 30.3 Å². The zero-order chi connectivity index (χ0) is 29.6. The Hall–Kier alpha value is -2.89. The van der Waals surface area contributed by atoms with Gasteiger partial charge in [0.15, 0.2) is 0 Å². The summed E-state index contributed by atoms with van der Waals surface area (Å²) in [6.07, 6.45) is 3.13. The van der Waals surface area contributed by atoms with Gasteiger partial charge in [0.05, 0.1) is 31.9 Å². The van der Waals surface area contributed by atoms with Gasteiger partial charge in [-0.2, -0.15) is 0 Å². The van der Waals surface area contributed by atoms with Gasteiger partial charge in [0.1, 0.15) is 24.0 Å². The molecule has 2 fully saturated rings. The molecule has 1 aliphatic carbocycles. The molecule has 0 radical (unpaired) electrons. The second kappa shape index (κ2) is 11.7. The molecule has 3 N–H and O–H groups in total. The second-order valence-electron chi connectivity index (χ2n) is 12.1. The fourth-order valence-electron chi connectivity index (χ4n) is 6.30. The van der Waals surface area contributed by atoms with Crippen LogP contribution in [0.1, 0.15) is 49.0 Å². The summed E-state index contributed by atoms with van der Waals surface area (Å²) in [5.74, 6) is -3.92. The number of fused-ring (bicyclic) bond motifs is 3. The molecular weight excluding hydrogens is 555 g/mol. The monoisotopic (exact) mass is 592 g/mol. The van der Waals surface area contributed by atoms with Gasteiger partial charge in [0.25, 0.3) is 5.92 Å². The fraction of sp³-hybridized carbons (Fsp3) is 0.548. The van der Waals surface area contributed by atoms with Crippen molar-refractivity contribution in [2.75, 3.05) is 51.4 Å². The molecule has 2 aliphatic heterocycles. The zero-order valence-corrected chi connectivity index (χ0v) is 23.6. The summed E-state index contributed by atoms with van der Waals surface area (Å²) in [5, 5.41) is 13.3. The van der Waals surface area contributed by atoms with Gasteiger partial charge in [-0.25, -0.2) is 17.6 Å². The molecule has 0 spiro atoms. The highest BCUT2D eigenvalue weighted by molar-refractivity contribution is 5.86. The maximum Gasteiger partial charge on any atom is 0.283 e. The number of halogens is 5. The van der Waals surface area contributed by atoms with E-state index in [1.807, 2.05) is 18.2 Å². The smallest absolute Gasteiger partial charge is 0.283 e. The highest BCUT2D eigenvalue weighted by Gasteiger charge is 2.43. The van der Waals surface area contributed by atoms with Gasteiger partial charge in [0.2, 0.25) is 0 Å². The molecule has 3 aromatic rings. The lowest BCUT2D eigenvalue weighted by molar-refractivity contribution is -0.0869. The highest BCUT2D eigenvalue weighted by atomic mass is 19.3. The van der Waals surface area contributed by atoms with Gasteiger partial charge in [-0.05, 0) is 68.4 Å². The largest absolute Gasteiger partial charge is 0.493 e. The zero-order valence-electron chi connectivity index (χ0n) is 23.6. The predicted octanol–water partition coefficient (Wildman–Crippen LogP) is 5.65. The summed E-state index contributed by atoms with van der Waals surface area (Å²) in [6.45, 7) is 1.67. The Kier molecular flexibility index (Phi) is 8.10. The summed E-state index contributed by atoms with van der Waals surface area (Å²) in [4.78, 5) is 6.73. The van der Waals surface area contributed by atoms with E-state index in [4.69, 9.17) is 4.74 Å². The van der Waals surface area contributed by atoms with Crippen LogP contribution in [0, 0.1) is 17.6 Å². The molecule has 0 bridgehead atoms. The van der Waals surface area contributed by atoms with Crippen LogP contribution in [0.25, 0.3) is 10.9 Å². The van der Waals surface area contributed by atoms with Gasteiger partial charge in [-0.15, -0.1) is 0 Å². The average Bonchev–Trinajstić information content (AvgIpc) is 3.69. The van der Waals surface area contributed by atoms with Gasteiger partial charge < -0.3 is 20.1 Å². The number of hydrogen-bond acceptors (Lipinski definition) is 5. The van der Waals surface area contributed by atoms with Crippen LogP contribution in [0.5, 0.6) is 5.75 Å². The van der Waals surface area contributed by atoms with E-state index in [-0.39, 0.29) is 24.0 Å². The van der Waals surface area contributed by atoms with Crippen LogP contribution in [-0.4, -0.2) is 84.0 Å². The summed E-state index contributed by atoms with van der Waals surface area (Å²) in [5.41, 5.74) is 1.93. The molecule has 6 nitrogen and oxygen atoms in total. The third-order valence-corrected chi connectivity index (χ3v) is 8.70. The molecule has 1 saturated heterocycles. The molecule has 2 unspecified atom stereocenters. The van der Waals surface area contributed by atoms with Crippen molar-refractivity contribution in [3.8, 4) is 5.75 Å². The molecule has 2 aromatic carbocycles. The van der Waals surface area contributed by atoms with Crippen molar-refractivity contribution in [2.24, 2.45) is 5.92 Å². The number of hydrogen-bond donors (Lipinski definition) is 3. The minimum absolute atomic E-state index is 0.0275. The van der Waals surface area contributed by atoms with Crippen molar-refractivity contribution in [1.82, 2.24) is 14.8 Å². The first kappa shape index (κ1) is 29.2. The summed E-state index contributed by atoms with van der Waals surface area (Å²) >= 11 is 0. The maximum absolute atomic E-state index is 15.9. The number of aliphatic hydroxyl groups excluding tert-OH is 1. The van der Waals surface area contributed by atoms with Crippen molar-refractivity contribution in [3.05, 3.63) is 58.8 Å². The number of nitrogens with zero attached hydrogens (tertiary/aromatic N) is 2. The Labute approximate surface area is 241 Å². The number of alkyl halides is 3. The molecule has 1 aromatic heterocycles. The number of aromatic nitrogens is 1. The number of benzene rings is 2. The molecule has 0 amide bonds. The Morgan fingerprint density at radius 2 is 1.86 bits per heavy atom. The van der Waals surface area contributed by atoms with Crippen LogP contribution in [0.3, 0.4) is 0 Å². The van der Waals surface area contributed by atoms with Crippen molar-refractivity contribution in [3.63, 3.8) is 0 Å². The molecule has 3 aliphatic rings. The highest BCUT2D eigenvalue weighted by Crippen LogP contribution is 2.44. The van der Waals surface area contributed by atoms with E-state index in [1.54, 1.807) is 6.92 Å². The molecule has 228 valence electrons. The van der Waals surface area contributed by atoms with Gasteiger partial charge in [0, 0.05) is 59.6 Å². The summed E-state index contributed by atoms with van der Waals surface area (Å²) in [6, 6.07) is 6.34. The summed E-state index contributed by atoms with van der Waals surface area (Å²) in [7, 11) is 0. The van der Waals surface area contributed by atoms with Crippen molar-refractivity contribution in [1.29, 1.82) is 0 Å². The number of ether oxygens (including phenoxy) is 1. The topological polar surface area (TPSA) is 63.8 Å². The number of likely N-dealkylation sites (tertiary alicyclic amines) is 1. The number of H-pyrrole nitrogens is 1. The minimum Gasteiger partial charge on any atom is -0.493 e. The molecule has 1 saturated carbocycles. The lowest BCUT2D eigenvalue weighted by Gasteiger charge is -2.42. The van der Waals surface area contributed by atoms with Crippen molar-refractivity contribution >= 4 is 16.6 Å². The van der Waals surface area contributed by atoms with Crippen molar-refractivity contribution in [2.45, 2.75) is 56.7 Å². The minimum atomic E-state index is -3.47. The van der Waals surface area contributed by atoms with Crippen LogP contribution in [-0.2, 0) is 6.42 Å². The van der Waals surface area contributed by atoms with Gasteiger partial charge in [-0.3, -0.25) is 14.2 Å². The average molecular weight is 593 g/mol. The normalized spacial score (nSPS) is 21.9. The fourth-order valence-corrected chi connectivity index (χ4v) is 6.30. The van der Waals surface area contributed by atoms with Crippen molar-refractivity contribution < 1.29 is 31.8 Å². The van der Waals surface area contributed by atoms with Crippen LogP contribution in [0.4, 0.5) is 27.6 Å². The maximum atomic E-state index is 15.9. The lowest BCUT2D eigenvalue weighted by Crippen LogP contribution is -2.54. The number of nitrogens with one attached hydrogen (secondary N) is 2. The molecule has 2 atom stereocenters. The third kappa shape index (κ3) is 5.96. The first-order valence-electron chi connectivity index (χ1n) is 14.7. The quantitative estimate of drug-likeness (QED) is 0.237. The molecule has 3 heterocycles. The van der Waals surface area contributed by atoms with E-state index in [0.29, 0.717) is 62.0 Å². The molecule has 42 heavy (non-hydrogen) atoms. The van der Waals surface area contributed by atoms with Gasteiger partial charge >= 0.3 is 0 Å². The van der Waals surface area contributed by atoms with E-state index >= 15 is 8.78 Å². The Morgan fingerprint density at radius 1 is 1.12 bits per heavy atom. The Balaban J connectivity index is 1.34. The first-order chi connectivity index (χ1) is 20.2. The number of rotatable bonds is 12.